The van der Waals surface area contributed by atoms with E-state index < -0.39 is 10.0 Å². The van der Waals surface area contributed by atoms with Crippen LogP contribution in [0.1, 0.15) is 11.8 Å². The molecule has 2 heterocycles. The van der Waals surface area contributed by atoms with E-state index in [1.54, 1.807) is 19.9 Å². The number of aryl methyl sites for hydroxylation is 1. The summed E-state index contributed by atoms with van der Waals surface area (Å²) in [4.78, 5) is 14.2. The lowest BCUT2D eigenvalue weighted by atomic mass is 10.4. The van der Waals surface area contributed by atoms with Gasteiger partial charge in [-0.15, -0.1) is 11.3 Å². The number of sulfonamides is 1. The smallest absolute Gasteiger partial charge is 0.409 e. The highest BCUT2D eigenvalue weighted by Crippen LogP contribution is 2.31. The molecule has 9 heteroatoms. The number of hydrogen-bond donors (Lipinski definition) is 0. The van der Waals surface area contributed by atoms with Crippen LogP contribution in [-0.4, -0.2) is 56.5 Å². The number of carbonyl (C=O) groups excluding carboxylic acids is 1. The zero-order valence-electron chi connectivity index (χ0n) is 11.8. The summed E-state index contributed by atoms with van der Waals surface area (Å²) in [5, 5.41) is 0. The highest BCUT2D eigenvalue weighted by Gasteiger charge is 2.32. The highest BCUT2D eigenvalue weighted by atomic mass is 79.9. The molecule has 0 radical (unpaired) electrons. The van der Waals surface area contributed by atoms with Crippen molar-refractivity contribution in [1.82, 2.24) is 9.21 Å². The number of halogens is 1. The lowest BCUT2D eigenvalue weighted by Gasteiger charge is -2.33. The maximum atomic E-state index is 12.6. The highest BCUT2D eigenvalue weighted by molar-refractivity contribution is 9.11. The predicted octanol–water partition coefficient (Wildman–Crippen LogP) is 2.28. The van der Waals surface area contributed by atoms with Crippen LogP contribution in [0.3, 0.4) is 0 Å². The Morgan fingerprint density at radius 2 is 2.00 bits per heavy atom. The Balaban J connectivity index is 2.08. The molecule has 0 bridgehead atoms. The number of rotatable bonds is 3. The van der Waals surface area contributed by atoms with E-state index in [9.17, 15) is 13.2 Å². The SMILES string of the molecule is CCOC(=O)N1CCN(S(=O)(=O)c2cc(Br)sc2C)CC1. The average Bonchev–Trinajstić information content (AvgIpc) is 2.79. The summed E-state index contributed by atoms with van der Waals surface area (Å²) < 4.78 is 32.3. The number of thiophene rings is 1. The van der Waals surface area contributed by atoms with E-state index in [-0.39, 0.29) is 19.2 Å². The molecule has 1 amide bonds. The summed E-state index contributed by atoms with van der Waals surface area (Å²) in [6, 6.07) is 1.63. The third-order valence-corrected chi connectivity index (χ3v) is 6.93. The van der Waals surface area contributed by atoms with Gasteiger partial charge in [-0.05, 0) is 35.8 Å². The minimum Gasteiger partial charge on any atom is -0.450 e. The van der Waals surface area contributed by atoms with Crippen LogP contribution >= 0.6 is 27.3 Å². The Labute approximate surface area is 136 Å². The second-order valence-corrected chi connectivity index (χ2v) is 9.10. The molecule has 1 aliphatic heterocycles. The van der Waals surface area contributed by atoms with Gasteiger partial charge in [-0.2, -0.15) is 4.31 Å². The van der Waals surface area contributed by atoms with E-state index in [0.29, 0.717) is 24.6 Å². The summed E-state index contributed by atoms with van der Waals surface area (Å²) in [6.45, 7) is 5.12. The number of piperazine rings is 1. The van der Waals surface area contributed by atoms with Crippen molar-refractivity contribution in [3.05, 3.63) is 14.7 Å². The molecule has 1 saturated heterocycles. The summed E-state index contributed by atoms with van der Waals surface area (Å²) >= 11 is 4.71. The Bertz CT molecular complexity index is 621. The molecule has 6 nitrogen and oxygen atoms in total. The van der Waals surface area contributed by atoms with Crippen LogP contribution in [0.25, 0.3) is 0 Å². The zero-order valence-corrected chi connectivity index (χ0v) is 15.1. The first-order valence-electron chi connectivity index (χ1n) is 6.54. The van der Waals surface area contributed by atoms with Crippen molar-refractivity contribution in [2.45, 2.75) is 18.7 Å². The lowest BCUT2D eigenvalue weighted by molar-refractivity contribution is 0.0934. The summed E-state index contributed by atoms with van der Waals surface area (Å²) in [5.74, 6) is 0. The van der Waals surface area contributed by atoms with Crippen molar-refractivity contribution in [2.24, 2.45) is 0 Å². The van der Waals surface area contributed by atoms with Crippen molar-refractivity contribution < 1.29 is 17.9 Å². The molecule has 0 unspecified atom stereocenters. The number of hydrogen-bond acceptors (Lipinski definition) is 5. The van der Waals surface area contributed by atoms with Crippen LogP contribution in [-0.2, 0) is 14.8 Å². The standard InChI is InChI=1S/C12H17BrN2O4S2/c1-3-19-12(16)14-4-6-15(7-5-14)21(17,18)10-8-11(13)20-9(10)2/h8H,3-7H2,1-2H3. The van der Waals surface area contributed by atoms with Crippen molar-refractivity contribution >= 4 is 43.4 Å². The largest absolute Gasteiger partial charge is 0.450 e. The molecule has 0 saturated carbocycles. The first-order chi connectivity index (χ1) is 9.86. The molecule has 0 aliphatic carbocycles. The molecule has 21 heavy (non-hydrogen) atoms. The van der Waals surface area contributed by atoms with Crippen LogP contribution in [0.15, 0.2) is 14.7 Å². The third kappa shape index (κ3) is 3.58. The predicted molar refractivity (Wildman–Crippen MR) is 84.1 cm³/mol. The van der Waals surface area contributed by atoms with Gasteiger partial charge in [0, 0.05) is 31.1 Å². The molecule has 0 N–H and O–H groups in total. The van der Waals surface area contributed by atoms with Gasteiger partial charge < -0.3 is 9.64 Å². The van der Waals surface area contributed by atoms with Crippen LogP contribution in [0.2, 0.25) is 0 Å². The average molecular weight is 397 g/mol. The monoisotopic (exact) mass is 396 g/mol. The van der Waals surface area contributed by atoms with Crippen molar-refractivity contribution in [2.75, 3.05) is 32.8 Å². The molecular weight excluding hydrogens is 380 g/mol. The summed E-state index contributed by atoms with van der Waals surface area (Å²) in [5.41, 5.74) is 0. The minimum absolute atomic E-state index is 0.286. The number of carbonyl (C=O) groups is 1. The van der Waals surface area contributed by atoms with Crippen molar-refractivity contribution in [3.8, 4) is 0 Å². The third-order valence-electron chi connectivity index (χ3n) is 3.22. The maximum absolute atomic E-state index is 12.6. The Kier molecular flexibility index (Phi) is 5.29. The van der Waals surface area contributed by atoms with E-state index in [1.165, 1.54) is 20.5 Å². The number of nitrogens with zero attached hydrogens (tertiary/aromatic N) is 2. The fraction of sp³-hybridized carbons (Fsp3) is 0.583. The van der Waals surface area contributed by atoms with Gasteiger partial charge in [0.1, 0.15) is 0 Å². The quantitative estimate of drug-likeness (QED) is 0.785. The molecule has 1 fully saturated rings. The topological polar surface area (TPSA) is 66.9 Å². The molecule has 1 aliphatic rings. The molecule has 0 spiro atoms. The normalized spacial score (nSPS) is 17.0. The molecule has 2 rings (SSSR count). The van der Waals surface area contributed by atoms with Crippen LogP contribution in [0.4, 0.5) is 4.79 Å². The van der Waals surface area contributed by atoms with E-state index in [4.69, 9.17) is 4.74 Å². The molecule has 0 aromatic carbocycles. The van der Waals surface area contributed by atoms with Gasteiger partial charge in [-0.3, -0.25) is 0 Å². The summed E-state index contributed by atoms with van der Waals surface area (Å²) in [6.07, 6.45) is -0.385. The van der Waals surface area contributed by atoms with Gasteiger partial charge in [-0.25, -0.2) is 13.2 Å². The fourth-order valence-electron chi connectivity index (χ4n) is 2.15. The van der Waals surface area contributed by atoms with E-state index in [2.05, 4.69) is 15.9 Å². The molecule has 0 atom stereocenters. The molecule has 1 aromatic rings. The number of amides is 1. The fourth-order valence-corrected chi connectivity index (χ4v) is 5.96. The molecular formula is C12H17BrN2O4S2. The molecule has 1 aromatic heterocycles. The van der Waals surface area contributed by atoms with Gasteiger partial charge >= 0.3 is 6.09 Å². The first kappa shape index (κ1) is 16.7. The first-order valence-corrected chi connectivity index (χ1v) is 9.59. The Morgan fingerprint density at radius 3 is 2.48 bits per heavy atom. The van der Waals surface area contributed by atoms with E-state index >= 15 is 0 Å². The second kappa shape index (κ2) is 6.64. The van der Waals surface area contributed by atoms with E-state index in [0.717, 1.165) is 8.66 Å². The Morgan fingerprint density at radius 1 is 1.38 bits per heavy atom. The van der Waals surface area contributed by atoms with Gasteiger partial charge in [-0.1, -0.05) is 0 Å². The van der Waals surface area contributed by atoms with Gasteiger partial charge in [0.05, 0.1) is 15.3 Å². The zero-order chi connectivity index (χ0) is 15.6. The second-order valence-electron chi connectivity index (χ2n) is 4.56. The number of ether oxygens (including phenoxy) is 1. The Hall–Kier alpha value is -0.640. The van der Waals surface area contributed by atoms with Crippen molar-refractivity contribution in [1.29, 1.82) is 0 Å². The molecule has 118 valence electrons. The van der Waals surface area contributed by atoms with Crippen LogP contribution in [0.5, 0.6) is 0 Å². The van der Waals surface area contributed by atoms with Gasteiger partial charge in [0.2, 0.25) is 10.0 Å². The van der Waals surface area contributed by atoms with Gasteiger partial charge in [0.25, 0.3) is 0 Å². The van der Waals surface area contributed by atoms with Crippen molar-refractivity contribution in [3.63, 3.8) is 0 Å². The van der Waals surface area contributed by atoms with E-state index in [1.807, 2.05) is 0 Å². The van der Waals surface area contributed by atoms with Gasteiger partial charge in [0.15, 0.2) is 0 Å². The minimum atomic E-state index is -3.50. The lowest BCUT2D eigenvalue weighted by Crippen LogP contribution is -2.50. The van der Waals surface area contributed by atoms with Crippen LogP contribution in [0, 0.1) is 6.92 Å². The summed E-state index contributed by atoms with van der Waals surface area (Å²) in [7, 11) is -3.50. The van der Waals surface area contributed by atoms with Crippen LogP contribution < -0.4 is 0 Å². The maximum Gasteiger partial charge on any atom is 0.409 e.